The van der Waals surface area contributed by atoms with Crippen molar-refractivity contribution in [3.8, 4) is 5.75 Å². The van der Waals surface area contributed by atoms with Crippen molar-refractivity contribution in [1.29, 1.82) is 0 Å². The molecule has 1 heterocycles. The molecule has 0 saturated heterocycles. The molecule has 84 valence electrons. The summed E-state index contributed by atoms with van der Waals surface area (Å²) < 4.78 is 6.50. The van der Waals surface area contributed by atoms with Crippen molar-refractivity contribution in [2.24, 2.45) is 5.41 Å². The van der Waals surface area contributed by atoms with Gasteiger partial charge in [-0.15, -0.1) is 0 Å². The summed E-state index contributed by atoms with van der Waals surface area (Å²) in [5, 5.41) is 9.92. The van der Waals surface area contributed by atoms with Crippen molar-refractivity contribution in [3.05, 3.63) is 33.7 Å². The SMILES string of the molecule is CC(C)(C)C1=Cc2cc(Br)ccc2OB1O. The fourth-order valence-electron chi connectivity index (χ4n) is 1.75. The highest BCUT2D eigenvalue weighted by Crippen LogP contribution is 2.36. The molecule has 0 aliphatic carbocycles. The zero-order chi connectivity index (χ0) is 11.9. The number of benzene rings is 1. The fraction of sp³-hybridized carbons (Fsp3) is 0.333. The highest BCUT2D eigenvalue weighted by molar-refractivity contribution is 9.10. The zero-order valence-electron chi connectivity index (χ0n) is 9.62. The van der Waals surface area contributed by atoms with E-state index in [0.29, 0.717) is 0 Å². The van der Waals surface area contributed by atoms with Gasteiger partial charge in [0.25, 0.3) is 0 Å². The molecule has 1 aromatic carbocycles. The molecule has 2 nitrogen and oxygen atoms in total. The second kappa shape index (κ2) is 3.93. The Hall–Kier alpha value is -0.735. The molecule has 0 bridgehead atoms. The van der Waals surface area contributed by atoms with E-state index in [9.17, 15) is 5.02 Å². The molecule has 0 spiro atoms. The van der Waals surface area contributed by atoms with Gasteiger partial charge in [-0.2, -0.15) is 0 Å². The average molecular weight is 281 g/mol. The van der Waals surface area contributed by atoms with Gasteiger partial charge in [-0.05, 0) is 29.1 Å². The minimum atomic E-state index is -0.839. The topological polar surface area (TPSA) is 29.5 Å². The van der Waals surface area contributed by atoms with Gasteiger partial charge < -0.3 is 9.68 Å². The number of hydrogen-bond donors (Lipinski definition) is 1. The van der Waals surface area contributed by atoms with E-state index >= 15 is 0 Å². The average Bonchev–Trinajstić information content (AvgIpc) is 2.16. The Morgan fingerprint density at radius 1 is 1.31 bits per heavy atom. The monoisotopic (exact) mass is 280 g/mol. The number of allylic oxidation sites excluding steroid dienone is 1. The maximum Gasteiger partial charge on any atom is 0.556 e. The van der Waals surface area contributed by atoms with Crippen molar-refractivity contribution in [2.45, 2.75) is 20.8 Å². The van der Waals surface area contributed by atoms with E-state index in [2.05, 4.69) is 36.7 Å². The van der Waals surface area contributed by atoms with Gasteiger partial charge in [-0.25, -0.2) is 0 Å². The molecule has 4 heteroatoms. The Labute approximate surface area is 105 Å². The summed E-state index contributed by atoms with van der Waals surface area (Å²) in [6.07, 6.45) is 2.01. The Bertz CT molecular complexity index is 449. The van der Waals surface area contributed by atoms with Crippen LogP contribution in [0.5, 0.6) is 5.75 Å². The Balaban J connectivity index is 2.51. The van der Waals surface area contributed by atoms with Gasteiger partial charge in [0.15, 0.2) is 0 Å². The van der Waals surface area contributed by atoms with Crippen LogP contribution in [0.3, 0.4) is 0 Å². The first-order valence-corrected chi connectivity index (χ1v) is 6.03. The highest BCUT2D eigenvalue weighted by Gasteiger charge is 2.34. The standard InChI is InChI=1S/C12H14BBrO2/c1-12(2,3)11-7-8-6-9(14)4-5-10(8)16-13(11)15/h4-7,15H,1-3H3. The maximum absolute atomic E-state index is 9.92. The van der Waals surface area contributed by atoms with Gasteiger partial charge in [0.05, 0.1) is 0 Å². The van der Waals surface area contributed by atoms with Crippen molar-refractivity contribution in [3.63, 3.8) is 0 Å². The maximum atomic E-state index is 9.92. The van der Waals surface area contributed by atoms with Gasteiger partial charge >= 0.3 is 7.12 Å². The van der Waals surface area contributed by atoms with Crippen LogP contribution in [0.4, 0.5) is 0 Å². The summed E-state index contributed by atoms with van der Waals surface area (Å²) in [4.78, 5) is 0. The first-order chi connectivity index (χ1) is 7.38. The summed E-state index contributed by atoms with van der Waals surface area (Å²) in [7, 11) is -0.839. The van der Waals surface area contributed by atoms with Crippen LogP contribution in [-0.2, 0) is 0 Å². The largest absolute Gasteiger partial charge is 0.556 e. The van der Waals surface area contributed by atoms with Gasteiger partial charge in [0.2, 0.25) is 0 Å². The van der Waals surface area contributed by atoms with Crippen LogP contribution in [-0.4, -0.2) is 12.1 Å². The van der Waals surface area contributed by atoms with Gasteiger partial charge in [0.1, 0.15) is 5.75 Å². The van der Waals surface area contributed by atoms with Gasteiger partial charge in [-0.3, -0.25) is 0 Å². The van der Waals surface area contributed by atoms with E-state index in [1.54, 1.807) is 0 Å². The van der Waals surface area contributed by atoms with Gasteiger partial charge in [0, 0.05) is 10.0 Å². The lowest BCUT2D eigenvalue weighted by atomic mass is 9.63. The summed E-state index contributed by atoms with van der Waals surface area (Å²) in [6.45, 7) is 6.19. The summed E-state index contributed by atoms with van der Waals surface area (Å²) >= 11 is 3.43. The molecule has 1 N–H and O–H groups in total. The summed E-state index contributed by atoms with van der Waals surface area (Å²) in [5.41, 5.74) is 1.81. The lowest BCUT2D eigenvalue weighted by Gasteiger charge is -2.29. The summed E-state index contributed by atoms with van der Waals surface area (Å²) in [6, 6.07) is 5.76. The smallest absolute Gasteiger partial charge is 0.532 e. The Morgan fingerprint density at radius 2 is 2.00 bits per heavy atom. The lowest BCUT2D eigenvalue weighted by molar-refractivity contribution is 0.396. The molecule has 0 radical (unpaired) electrons. The van der Waals surface area contributed by atoms with E-state index in [0.717, 1.165) is 21.3 Å². The van der Waals surface area contributed by atoms with E-state index in [4.69, 9.17) is 4.65 Å². The van der Waals surface area contributed by atoms with Crippen LogP contribution >= 0.6 is 15.9 Å². The second-order valence-corrected chi connectivity index (χ2v) is 5.92. The van der Waals surface area contributed by atoms with Crippen LogP contribution in [0.1, 0.15) is 26.3 Å². The van der Waals surface area contributed by atoms with Crippen LogP contribution < -0.4 is 4.65 Å². The van der Waals surface area contributed by atoms with Crippen molar-refractivity contribution in [1.82, 2.24) is 0 Å². The normalized spacial score (nSPS) is 15.3. The molecule has 0 atom stereocenters. The molecule has 1 aromatic rings. The molecule has 0 unspecified atom stereocenters. The molecule has 1 aliphatic rings. The lowest BCUT2D eigenvalue weighted by Crippen LogP contribution is -2.34. The predicted octanol–water partition coefficient (Wildman–Crippen LogP) is 3.29. The molecule has 0 amide bonds. The predicted molar refractivity (Wildman–Crippen MR) is 70.2 cm³/mol. The second-order valence-electron chi connectivity index (χ2n) is 5.00. The van der Waals surface area contributed by atoms with Crippen LogP contribution in [0.2, 0.25) is 0 Å². The molecule has 16 heavy (non-hydrogen) atoms. The molecule has 0 saturated carbocycles. The zero-order valence-corrected chi connectivity index (χ0v) is 11.2. The third-order valence-electron chi connectivity index (χ3n) is 2.65. The first kappa shape index (κ1) is 11.7. The number of rotatable bonds is 0. The minimum Gasteiger partial charge on any atom is -0.532 e. The Kier molecular flexibility index (Phi) is 2.89. The van der Waals surface area contributed by atoms with Gasteiger partial charge in [-0.1, -0.05) is 42.8 Å². The third kappa shape index (κ3) is 2.18. The summed E-state index contributed by atoms with van der Waals surface area (Å²) in [5.74, 6) is 0.726. The van der Waals surface area contributed by atoms with Crippen LogP contribution in [0.15, 0.2) is 28.1 Å². The fourth-order valence-corrected chi connectivity index (χ4v) is 2.13. The molecule has 0 aromatic heterocycles. The van der Waals surface area contributed by atoms with E-state index in [1.165, 1.54) is 0 Å². The molecule has 2 rings (SSSR count). The molecular weight excluding hydrogens is 267 g/mol. The van der Waals surface area contributed by atoms with E-state index < -0.39 is 7.12 Å². The number of hydrogen-bond acceptors (Lipinski definition) is 2. The van der Waals surface area contributed by atoms with E-state index in [1.807, 2.05) is 24.3 Å². The first-order valence-electron chi connectivity index (χ1n) is 5.24. The quantitative estimate of drug-likeness (QED) is 0.739. The third-order valence-corrected chi connectivity index (χ3v) is 3.15. The van der Waals surface area contributed by atoms with Crippen LogP contribution in [0, 0.1) is 5.41 Å². The number of fused-ring (bicyclic) bond motifs is 1. The van der Waals surface area contributed by atoms with Crippen LogP contribution in [0.25, 0.3) is 6.08 Å². The molecular formula is C12H14BBrO2. The van der Waals surface area contributed by atoms with Crippen molar-refractivity contribution >= 4 is 29.1 Å². The van der Waals surface area contributed by atoms with E-state index in [-0.39, 0.29) is 5.41 Å². The molecule has 0 fully saturated rings. The Morgan fingerprint density at radius 3 is 2.62 bits per heavy atom. The van der Waals surface area contributed by atoms with Crippen molar-refractivity contribution < 1.29 is 9.68 Å². The highest BCUT2D eigenvalue weighted by atomic mass is 79.9. The minimum absolute atomic E-state index is 0.0978. The number of halogens is 1. The van der Waals surface area contributed by atoms with Crippen molar-refractivity contribution in [2.75, 3.05) is 0 Å². The molecule has 1 aliphatic heterocycles.